The minimum Gasteiger partial charge on any atom is -0.466 e. The molecule has 138 valence electrons. The van der Waals surface area contributed by atoms with E-state index in [1.807, 2.05) is 0 Å². The van der Waals surface area contributed by atoms with Crippen LogP contribution in [0.25, 0.3) is 0 Å². The van der Waals surface area contributed by atoms with Crippen LogP contribution in [0.5, 0.6) is 0 Å². The lowest BCUT2D eigenvalue weighted by Gasteiger charge is -2.16. The highest BCUT2D eigenvalue weighted by Gasteiger charge is 2.10. The third-order valence-corrected chi connectivity index (χ3v) is 4.70. The van der Waals surface area contributed by atoms with Gasteiger partial charge in [-0.1, -0.05) is 97.3 Å². The van der Waals surface area contributed by atoms with Crippen LogP contribution in [0.15, 0.2) is 0 Å². The van der Waals surface area contributed by atoms with Crippen molar-refractivity contribution in [2.75, 3.05) is 6.61 Å². The lowest BCUT2D eigenvalue weighted by molar-refractivity contribution is -0.142. The smallest absolute Gasteiger partial charge is 0.302 e. The second-order valence-corrected chi connectivity index (χ2v) is 7.14. The Hall–Kier alpha value is -0.530. The molecule has 0 bridgehead atoms. The Kier molecular flexibility index (Phi) is 17.4. The van der Waals surface area contributed by atoms with Gasteiger partial charge in [0.25, 0.3) is 0 Å². The summed E-state index contributed by atoms with van der Waals surface area (Å²) in [7, 11) is 0. The molecule has 0 radical (unpaired) electrons. The van der Waals surface area contributed by atoms with Gasteiger partial charge in [0, 0.05) is 6.92 Å². The van der Waals surface area contributed by atoms with Crippen LogP contribution in [-0.4, -0.2) is 12.6 Å². The quantitative estimate of drug-likeness (QED) is 0.211. The predicted octanol–water partition coefficient (Wildman–Crippen LogP) is 7.06. The molecule has 0 aromatic carbocycles. The standard InChI is InChI=1S/C21H42O2/c1-4-6-8-10-11-12-13-14-16-18-21(19-23-20(3)22)17-15-9-7-5-2/h21H,4-19H2,1-3H3. The topological polar surface area (TPSA) is 26.3 Å². The van der Waals surface area contributed by atoms with Crippen molar-refractivity contribution in [3.05, 3.63) is 0 Å². The predicted molar refractivity (Wildman–Crippen MR) is 101 cm³/mol. The zero-order chi connectivity index (χ0) is 17.2. The summed E-state index contributed by atoms with van der Waals surface area (Å²) < 4.78 is 5.26. The maximum atomic E-state index is 11.0. The maximum Gasteiger partial charge on any atom is 0.302 e. The van der Waals surface area contributed by atoms with E-state index in [1.165, 1.54) is 103 Å². The fraction of sp³-hybridized carbons (Fsp3) is 0.952. The Labute approximate surface area is 145 Å². The van der Waals surface area contributed by atoms with Gasteiger partial charge >= 0.3 is 5.97 Å². The molecule has 2 heteroatoms. The zero-order valence-electron chi connectivity index (χ0n) is 16.2. The molecular formula is C21H42O2. The van der Waals surface area contributed by atoms with E-state index >= 15 is 0 Å². The van der Waals surface area contributed by atoms with Crippen molar-refractivity contribution in [1.82, 2.24) is 0 Å². The number of carbonyl (C=O) groups excluding carboxylic acids is 1. The van der Waals surface area contributed by atoms with Crippen LogP contribution in [0.3, 0.4) is 0 Å². The van der Waals surface area contributed by atoms with Crippen LogP contribution in [0.4, 0.5) is 0 Å². The molecule has 0 saturated carbocycles. The molecule has 2 nitrogen and oxygen atoms in total. The first-order chi connectivity index (χ1) is 11.2. The molecule has 1 atom stereocenters. The third kappa shape index (κ3) is 17.7. The minimum absolute atomic E-state index is 0.129. The summed E-state index contributed by atoms with van der Waals surface area (Å²) in [6, 6.07) is 0. The Morgan fingerprint density at radius 3 is 1.52 bits per heavy atom. The Balaban J connectivity index is 3.62. The van der Waals surface area contributed by atoms with E-state index in [0.717, 1.165) is 0 Å². The lowest BCUT2D eigenvalue weighted by atomic mass is 9.95. The third-order valence-electron chi connectivity index (χ3n) is 4.70. The summed E-state index contributed by atoms with van der Waals surface area (Å²) in [6.45, 7) is 6.68. The van der Waals surface area contributed by atoms with Gasteiger partial charge in [0.1, 0.15) is 0 Å². The van der Waals surface area contributed by atoms with E-state index in [0.29, 0.717) is 12.5 Å². The summed E-state index contributed by atoms with van der Waals surface area (Å²) in [5, 5.41) is 0. The van der Waals surface area contributed by atoms with Gasteiger partial charge in [0.05, 0.1) is 6.61 Å². The number of hydrogen-bond acceptors (Lipinski definition) is 2. The van der Waals surface area contributed by atoms with E-state index in [4.69, 9.17) is 4.74 Å². The first-order valence-electron chi connectivity index (χ1n) is 10.3. The molecule has 0 aliphatic carbocycles. The van der Waals surface area contributed by atoms with Crippen molar-refractivity contribution < 1.29 is 9.53 Å². The number of esters is 1. The second kappa shape index (κ2) is 17.8. The molecule has 0 aliphatic rings. The van der Waals surface area contributed by atoms with Crippen molar-refractivity contribution in [1.29, 1.82) is 0 Å². The van der Waals surface area contributed by atoms with Crippen molar-refractivity contribution in [2.45, 2.75) is 117 Å². The Bertz CT molecular complexity index is 250. The molecule has 0 N–H and O–H groups in total. The van der Waals surface area contributed by atoms with Gasteiger partial charge in [-0.2, -0.15) is 0 Å². The highest BCUT2D eigenvalue weighted by atomic mass is 16.5. The monoisotopic (exact) mass is 326 g/mol. The molecule has 0 aromatic rings. The van der Waals surface area contributed by atoms with Crippen molar-refractivity contribution in [3.8, 4) is 0 Å². The first kappa shape index (κ1) is 22.5. The number of rotatable bonds is 17. The van der Waals surface area contributed by atoms with E-state index in [9.17, 15) is 4.79 Å². The van der Waals surface area contributed by atoms with E-state index in [2.05, 4.69) is 13.8 Å². The van der Waals surface area contributed by atoms with Gasteiger partial charge in [0.2, 0.25) is 0 Å². The second-order valence-electron chi connectivity index (χ2n) is 7.14. The van der Waals surface area contributed by atoms with Gasteiger partial charge in [-0.15, -0.1) is 0 Å². The number of unbranched alkanes of at least 4 members (excludes halogenated alkanes) is 11. The van der Waals surface area contributed by atoms with Crippen molar-refractivity contribution >= 4 is 5.97 Å². The molecule has 0 aromatic heterocycles. The van der Waals surface area contributed by atoms with E-state index in [1.54, 1.807) is 0 Å². The highest BCUT2D eigenvalue weighted by molar-refractivity contribution is 5.65. The van der Waals surface area contributed by atoms with Crippen molar-refractivity contribution in [2.24, 2.45) is 5.92 Å². The Morgan fingerprint density at radius 1 is 0.696 bits per heavy atom. The van der Waals surface area contributed by atoms with Crippen LogP contribution in [-0.2, 0) is 9.53 Å². The summed E-state index contributed by atoms with van der Waals surface area (Å²) in [4.78, 5) is 11.0. The fourth-order valence-electron chi connectivity index (χ4n) is 3.15. The number of hydrogen-bond donors (Lipinski definition) is 0. The number of carbonyl (C=O) groups is 1. The largest absolute Gasteiger partial charge is 0.466 e. The Morgan fingerprint density at radius 2 is 1.09 bits per heavy atom. The van der Waals surface area contributed by atoms with Gasteiger partial charge in [-0.05, 0) is 18.8 Å². The van der Waals surface area contributed by atoms with Gasteiger partial charge in [-0.3, -0.25) is 4.79 Å². The fourth-order valence-corrected chi connectivity index (χ4v) is 3.15. The molecular weight excluding hydrogens is 284 g/mol. The maximum absolute atomic E-state index is 11.0. The zero-order valence-corrected chi connectivity index (χ0v) is 16.2. The van der Waals surface area contributed by atoms with Crippen LogP contribution < -0.4 is 0 Å². The SMILES string of the molecule is CCCCCCCCCCCC(CCCCCC)COC(C)=O. The van der Waals surface area contributed by atoms with Gasteiger partial charge < -0.3 is 4.74 Å². The summed E-state index contributed by atoms with van der Waals surface area (Å²) in [6.07, 6.45) is 20.1. The number of ether oxygens (including phenoxy) is 1. The molecule has 0 saturated heterocycles. The molecule has 0 fully saturated rings. The van der Waals surface area contributed by atoms with Crippen LogP contribution in [0.2, 0.25) is 0 Å². The van der Waals surface area contributed by atoms with Gasteiger partial charge in [0.15, 0.2) is 0 Å². The van der Waals surface area contributed by atoms with Crippen LogP contribution >= 0.6 is 0 Å². The highest BCUT2D eigenvalue weighted by Crippen LogP contribution is 2.19. The van der Waals surface area contributed by atoms with Crippen molar-refractivity contribution in [3.63, 3.8) is 0 Å². The molecule has 0 aliphatic heterocycles. The molecule has 0 heterocycles. The lowest BCUT2D eigenvalue weighted by Crippen LogP contribution is -2.12. The summed E-state index contributed by atoms with van der Waals surface area (Å²) in [5.74, 6) is 0.455. The average molecular weight is 327 g/mol. The molecule has 0 amide bonds. The average Bonchev–Trinajstić information content (AvgIpc) is 2.54. The van der Waals surface area contributed by atoms with E-state index in [-0.39, 0.29) is 5.97 Å². The molecule has 23 heavy (non-hydrogen) atoms. The first-order valence-corrected chi connectivity index (χ1v) is 10.3. The van der Waals surface area contributed by atoms with Crippen LogP contribution in [0, 0.1) is 5.92 Å². The molecule has 0 spiro atoms. The normalized spacial score (nSPS) is 12.3. The summed E-state index contributed by atoms with van der Waals surface area (Å²) in [5.41, 5.74) is 0. The molecule has 1 unspecified atom stereocenters. The van der Waals surface area contributed by atoms with Crippen LogP contribution in [0.1, 0.15) is 117 Å². The molecule has 0 rings (SSSR count). The minimum atomic E-state index is -0.129. The van der Waals surface area contributed by atoms with Gasteiger partial charge in [-0.25, -0.2) is 0 Å². The summed E-state index contributed by atoms with van der Waals surface area (Å²) >= 11 is 0. The van der Waals surface area contributed by atoms with E-state index < -0.39 is 0 Å².